The van der Waals surface area contributed by atoms with Crippen LogP contribution in [0.2, 0.25) is 0 Å². The number of hydrogen-bond donors (Lipinski definition) is 3. The van der Waals surface area contributed by atoms with Gasteiger partial charge in [0.05, 0.1) is 18.3 Å². The molecule has 28 heavy (non-hydrogen) atoms. The van der Waals surface area contributed by atoms with Crippen LogP contribution in [0.25, 0.3) is 0 Å². The number of carbonyl (C=O) groups is 2. The van der Waals surface area contributed by atoms with E-state index in [-0.39, 0.29) is 17.6 Å². The second kappa shape index (κ2) is 10.5. The number of aliphatic hydroxyl groups is 1. The second-order valence-corrected chi connectivity index (χ2v) is 7.29. The molecule has 1 aromatic heterocycles. The van der Waals surface area contributed by atoms with Crippen molar-refractivity contribution in [3.05, 3.63) is 60.2 Å². The Kier molecular flexibility index (Phi) is 8.07. The maximum absolute atomic E-state index is 12.9. The van der Waals surface area contributed by atoms with Crippen LogP contribution < -0.4 is 10.6 Å². The van der Waals surface area contributed by atoms with Crippen molar-refractivity contribution in [3.8, 4) is 0 Å². The molecule has 150 valence electrons. The van der Waals surface area contributed by atoms with Gasteiger partial charge in [-0.25, -0.2) is 4.98 Å². The number of aromatic nitrogens is 2. The van der Waals surface area contributed by atoms with E-state index in [9.17, 15) is 14.7 Å². The van der Waals surface area contributed by atoms with E-state index in [1.807, 2.05) is 44.2 Å². The van der Waals surface area contributed by atoms with Crippen LogP contribution in [0.4, 0.5) is 0 Å². The van der Waals surface area contributed by atoms with E-state index in [1.54, 1.807) is 6.92 Å². The molecule has 2 aromatic rings. The molecule has 0 bridgehead atoms. The monoisotopic (exact) mass is 384 g/mol. The topological polar surface area (TPSA) is 104 Å². The lowest BCUT2D eigenvalue weighted by atomic mass is 9.98. The first-order valence-electron chi connectivity index (χ1n) is 9.46. The zero-order valence-electron chi connectivity index (χ0n) is 16.5. The standard InChI is InChI=1S/C21H28N4O3/c1-14(2)11-17(15(3)26)24-20(27)18(12-16-7-5-4-6-8-16)25-21(28)19-13-22-9-10-23-19/h4-10,13-15,17-18,26H,11-12H2,1-3H3,(H,24,27)(H,25,28)/t15-,17+,18+/m1/s1. The lowest BCUT2D eigenvalue weighted by Crippen LogP contribution is -2.53. The van der Waals surface area contributed by atoms with Crippen molar-refractivity contribution in [2.45, 2.75) is 51.8 Å². The lowest BCUT2D eigenvalue weighted by molar-refractivity contribution is -0.124. The van der Waals surface area contributed by atoms with E-state index in [4.69, 9.17) is 0 Å². The van der Waals surface area contributed by atoms with Gasteiger partial charge in [-0.2, -0.15) is 0 Å². The first kappa shape index (κ1) is 21.5. The van der Waals surface area contributed by atoms with Crippen molar-refractivity contribution in [2.75, 3.05) is 0 Å². The lowest BCUT2D eigenvalue weighted by Gasteiger charge is -2.26. The van der Waals surface area contributed by atoms with E-state index >= 15 is 0 Å². The number of benzene rings is 1. The smallest absolute Gasteiger partial charge is 0.272 e. The number of nitrogens with one attached hydrogen (secondary N) is 2. The quantitative estimate of drug-likeness (QED) is 0.611. The predicted octanol–water partition coefficient (Wildman–Crippen LogP) is 1.73. The average molecular weight is 384 g/mol. The molecule has 0 spiro atoms. The number of amides is 2. The Morgan fingerprint density at radius 2 is 1.79 bits per heavy atom. The minimum absolute atomic E-state index is 0.141. The molecule has 0 fully saturated rings. The highest BCUT2D eigenvalue weighted by Crippen LogP contribution is 2.10. The van der Waals surface area contributed by atoms with E-state index in [0.717, 1.165) is 5.56 Å². The summed E-state index contributed by atoms with van der Waals surface area (Å²) >= 11 is 0. The van der Waals surface area contributed by atoms with Crippen molar-refractivity contribution in [1.82, 2.24) is 20.6 Å². The Labute approximate surface area is 165 Å². The zero-order chi connectivity index (χ0) is 20.5. The highest BCUT2D eigenvalue weighted by atomic mass is 16.3. The van der Waals surface area contributed by atoms with Gasteiger partial charge in [-0.05, 0) is 24.8 Å². The minimum atomic E-state index is -0.801. The molecule has 0 saturated heterocycles. The average Bonchev–Trinajstić information content (AvgIpc) is 2.68. The molecular weight excluding hydrogens is 356 g/mol. The van der Waals surface area contributed by atoms with Crippen molar-refractivity contribution in [3.63, 3.8) is 0 Å². The van der Waals surface area contributed by atoms with Gasteiger partial charge in [0.25, 0.3) is 5.91 Å². The van der Waals surface area contributed by atoms with Crippen LogP contribution in [0.1, 0.15) is 43.2 Å². The summed E-state index contributed by atoms with van der Waals surface area (Å²) in [5.41, 5.74) is 1.06. The van der Waals surface area contributed by atoms with Gasteiger partial charge in [0, 0.05) is 18.8 Å². The van der Waals surface area contributed by atoms with Crippen LogP contribution in [0, 0.1) is 5.92 Å². The fourth-order valence-electron chi connectivity index (χ4n) is 2.88. The summed E-state index contributed by atoms with van der Waals surface area (Å²) in [7, 11) is 0. The van der Waals surface area contributed by atoms with Crippen LogP contribution in [0.15, 0.2) is 48.9 Å². The molecule has 3 N–H and O–H groups in total. The van der Waals surface area contributed by atoms with Crippen molar-refractivity contribution in [2.24, 2.45) is 5.92 Å². The van der Waals surface area contributed by atoms with Gasteiger partial charge < -0.3 is 15.7 Å². The van der Waals surface area contributed by atoms with Gasteiger partial charge in [0.1, 0.15) is 11.7 Å². The van der Waals surface area contributed by atoms with Crippen LogP contribution in [0.5, 0.6) is 0 Å². The van der Waals surface area contributed by atoms with Crippen molar-refractivity contribution >= 4 is 11.8 Å². The summed E-state index contributed by atoms with van der Waals surface area (Å²) in [5.74, 6) is -0.504. The van der Waals surface area contributed by atoms with Crippen LogP contribution in [0.3, 0.4) is 0 Å². The third-order valence-corrected chi connectivity index (χ3v) is 4.34. The Balaban J connectivity index is 2.16. The Bertz CT molecular complexity index is 751. The summed E-state index contributed by atoms with van der Waals surface area (Å²) < 4.78 is 0. The molecular formula is C21H28N4O3. The zero-order valence-corrected chi connectivity index (χ0v) is 16.5. The number of nitrogens with zero attached hydrogens (tertiary/aromatic N) is 2. The van der Waals surface area contributed by atoms with Gasteiger partial charge in [0.2, 0.25) is 5.91 Å². The minimum Gasteiger partial charge on any atom is -0.391 e. The van der Waals surface area contributed by atoms with Gasteiger partial charge >= 0.3 is 0 Å². The first-order valence-corrected chi connectivity index (χ1v) is 9.46. The number of carbonyl (C=O) groups excluding carboxylic acids is 2. The van der Waals surface area contributed by atoms with Gasteiger partial charge in [0.15, 0.2) is 0 Å². The fourth-order valence-corrected chi connectivity index (χ4v) is 2.88. The SMILES string of the molecule is CC(C)C[C@H](NC(=O)[C@H](Cc1ccccc1)NC(=O)c1cnccn1)[C@@H](C)O. The third kappa shape index (κ3) is 6.74. The summed E-state index contributed by atoms with van der Waals surface area (Å²) in [6.45, 7) is 5.70. The van der Waals surface area contributed by atoms with Gasteiger partial charge in [-0.3, -0.25) is 14.6 Å². The molecule has 0 unspecified atom stereocenters. The van der Waals surface area contributed by atoms with E-state index in [2.05, 4.69) is 20.6 Å². The van der Waals surface area contributed by atoms with Crippen LogP contribution in [-0.4, -0.2) is 45.1 Å². The van der Waals surface area contributed by atoms with Crippen LogP contribution in [-0.2, 0) is 11.2 Å². The number of hydrogen-bond acceptors (Lipinski definition) is 5. The van der Waals surface area contributed by atoms with E-state index < -0.39 is 18.1 Å². The van der Waals surface area contributed by atoms with Crippen LogP contribution >= 0.6 is 0 Å². The van der Waals surface area contributed by atoms with Gasteiger partial charge in [-0.1, -0.05) is 44.2 Å². The van der Waals surface area contributed by atoms with Gasteiger partial charge in [-0.15, -0.1) is 0 Å². The van der Waals surface area contributed by atoms with Crippen molar-refractivity contribution in [1.29, 1.82) is 0 Å². The summed E-state index contributed by atoms with van der Waals surface area (Å²) in [4.78, 5) is 33.3. The second-order valence-electron chi connectivity index (χ2n) is 7.29. The Morgan fingerprint density at radius 3 is 2.36 bits per heavy atom. The molecule has 7 nitrogen and oxygen atoms in total. The molecule has 0 saturated carbocycles. The highest BCUT2D eigenvalue weighted by Gasteiger charge is 2.26. The van der Waals surface area contributed by atoms with E-state index in [0.29, 0.717) is 18.8 Å². The molecule has 2 amide bonds. The maximum atomic E-state index is 12.9. The molecule has 0 radical (unpaired) electrons. The number of aliphatic hydroxyl groups excluding tert-OH is 1. The molecule has 7 heteroatoms. The van der Waals surface area contributed by atoms with E-state index in [1.165, 1.54) is 18.6 Å². The fraction of sp³-hybridized carbons (Fsp3) is 0.429. The molecule has 0 aliphatic heterocycles. The summed E-state index contributed by atoms with van der Waals surface area (Å²) in [6.07, 6.45) is 4.52. The highest BCUT2D eigenvalue weighted by molar-refractivity contribution is 5.96. The molecule has 1 aromatic carbocycles. The predicted molar refractivity (Wildman–Crippen MR) is 106 cm³/mol. The Morgan fingerprint density at radius 1 is 1.07 bits per heavy atom. The van der Waals surface area contributed by atoms with Crippen molar-refractivity contribution < 1.29 is 14.7 Å². The molecule has 0 aliphatic carbocycles. The number of rotatable bonds is 9. The molecule has 3 atom stereocenters. The third-order valence-electron chi connectivity index (χ3n) is 4.34. The molecule has 0 aliphatic rings. The maximum Gasteiger partial charge on any atom is 0.272 e. The Hall–Kier alpha value is -2.80. The summed E-state index contributed by atoms with van der Waals surface area (Å²) in [6, 6.07) is 8.26. The first-order chi connectivity index (χ1) is 13.4. The normalized spacial score (nSPS) is 14.2. The largest absolute Gasteiger partial charge is 0.391 e. The molecule has 2 rings (SSSR count). The molecule has 1 heterocycles. The summed E-state index contributed by atoms with van der Waals surface area (Å²) in [5, 5.41) is 15.7.